The maximum absolute atomic E-state index is 5.91. The van der Waals surface area contributed by atoms with Crippen LogP contribution in [0, 0.1) is 6.92 Å². The van der Waals surface area contributed by atoms with E-state index in [1.165, 1.54) is 0 Å². The van der Waals surface area contributed by atoms with Crippen LogP contribution in [-0.2, 0) is 19.5 Å². The average molecular weight is 439 g/mol. The topological polar surface area (TPSA) is 36.3 Å². The number of hydrogen-bond acceptors (Lipinski definition) is 3. The average Bonchev–Trinajstić information content (AvgIpc) is 2.70. The van der Waals surface area contributed by atoms with E-state index in [0.29, 0.717) is 24.0 Å². The Balaban J connectivity index is 2.27. The zero-order valence-electron chi connectivity index (χ0n) is 11.9. The van der Waals surface area contributed by atoms with Crippen molar-refractivity contribution in [1.29, 1.82) is 0 Å². The van der Waals surface area contributed by atoms with E-state index in [4.69, 9.17) is 21.1 Å². The molecule has 2 aromatic rings. The minimum atomic E-state index is 0.382. The maximum atomic E-state index is 5.91. The predicted molar refractivity (Wildman–Crippen MR) is 90.2 cm³/mol. The Morgan fingerprint density at radius 1 is 1.33 bits per heavy atom. The summed E-state index contributed by atoms with van der Waals surface area (Å²) in [7, 11) is 3.50. The lowest BCUT2D eigenvalue weighted by molar-refractivity contribution is 0.273. The molecule has 0 amide bonds. The third-order valence-corrected chi connectivity index (χ3v) is 4.99. The van der Waals surface area contributed by atoms with E-state index in [0.717, 1.165) is 25.9 Å². The number of rotatable bonds is 5. The molecule has 1 aromatic heterocycles. The molecule has 0 fully saturated rings. The SMILES string of the molecule is COc1cc(CCl)cc(Br)c1OCc1c(Br)c(C)nn1C. The van der Waals surface area contributed by atoms with Crippen LogP contribution in [0.25, 0.3) is 0 Å². The highest BCUT2D eigenvalue weighted by molar-refractivity contribution is 9.10. The molecule has 1 heterocycles. The summed E-state index contributed by atoms with van der Waals surface area (Å²) in [5.41, 5.74) is 2.85. The summed E-state index contributed by atoms with van der Waals surface area (Å²) in [5.74, 6) is 1.72. The van der Waals surface area contributed by atoms with Crippen LogP contribution in [0.5, 0.6) is 11.5 Å². The van der Waals surface area contributed by atoms with Crippen molar-refractivity contribution < 1.29 is 9.47 Å². The van der Waals surface area contributed by atoms with Crippen molar-refractivity contribution in [2.75, 3.05) is 7.11 Å². The van der Waals surface area contributed by atoms with Gasteiger partial charge in [-0.2, -0.15) is 5.10 Å². The summed E-state index contributed by atoms with van der Waals surface area (Å²) in [6.45, 7) is 2.33. The largest absolute Gasteiger partial charge is 0.493 e. The first kappa shape index (κ1) is 16.6. The Kier molecular flexibility index (Phi) is 5.57. The fraction of sp³-hybridized carbons (Fsp3) is 0.357. The van der Waals surface area contributed by atoms with Gasteiger partial charge in [-0.15, -0.1) is 11.6 Å². The molecule has 0 aliphatic rings. The van der Waals surface area contributed by atoms with Crippen LogP contribution in [0.2, 0.25) is 0 Å². The highest BCUT2D eigenvalue weighted by Crippen LogP contribution is 2.38. The van der Waals surface area contributed by atoms with Gasteiger partial charge in [0, 0.05) is 12.9 Å². The van der Waals surface area contributed by atoms with Crippen LogP contribution in [-0.4, -0.2) is 16.9 Å². The van der Waals surface area contributed by atoms with Gasteiger partial charge in [0.2, 0.25) is 0 Å². The number of alkyl halides is 1. The lowest BCUT2D eigenvalue weighted by Crippen LogP contribution is -2.05. The fourth-order valence-corrected chi connectivity index (χ4v) is 3.18. The summed E-state index contributed by atoms with van der Waals surface area (Å²) in [6, 6.07) is 3.80. The fourth-order valence-electron chi connectivity index (χ4n) is 1.97. The molecule has 0 atom stereocenters. The van der Waals surface area contributed by atoms with Gasteiger partial charge in [0.1, 0.15) is 6.61 Å². The van der Waals surface area contributed by atoms with Gasteiger partial charge in [0.25, 0.3) is 0 Å². The molecule has 0 aliphatic carbocycles. The number of hydrogen-bond donors (Lipinski definition) is 0. The quantitative estimate of drug-likeness (QED) is 0.641. The Labute approximate surface area is 145 Å². The van der Waals surface area contributed by atoms with Gasteiger partial charge in [0.15, 0.2) is 11.5 Å². The number of aromatic nitrogens is 2. The minimum absolute atomic E-state index is 0.382. The molecule has 114 valence electrons. The predicted octanol–water partition coefficient (Wildman–Crippen LogP) is 4.58. The Morgan fingerprint density at radius 3 is 2.57 bits per heavy atom. The first-order valence-electron chi connectivity index (χ1n) is 6.21. The van der Waals surface area contributed by atoms with Gasteiger partial charge in [-0.1, -0.05) is 0 Å². The first-order valence-corrected chi connectivity index (χ1v) is 8.33. The van der Waals surface area contributed by atoms with Gasteiger partial charge in [-0.25, -0.2) is 0 Å². The molecule has 2 rings (SSSR count). The molecular weight excluding hydrogens is 423 g/mol. The maximum Gasteiger partial charge on any atom is 0.175 e. The molecule has 0 saturated heterocycles. The zero-order valence-corrected chi connectivity index (χ0v) is 15.8. The summed E-state index contributed by atoms with van der Waals surface area (Å²) in [5, 5.41) is 4.34. The first-order chi connectivity index (χ1) is 9.97. The Morgan fingerprint density at radius 2 is 2.05 bits per heavy atom. The molecule has 0 bridgehead atoms. The number of methoxy groups -OCH3 is 1. The third kappa shape index (κ3) is 3.55. The molecule has 0 N–H and O–H groups in total. The second-order valence-corrected chi connectivity index (χ2v) is 6.42. The van der Waals surface area contributed by atoms with E-state index in [-0.39, 0.29) is 0 Å². The number of ether oxygens (including phenoxy) is 2. The third-order valence-electron chi connectivity index (χ3n) is 3.06. The summed E-state index contributed by atoms with van der Waals surface area (Å²) < 4.78 is 14.9. The monoisotopic (exact) mass is 436 g/mol. The molecule has 0 spiro atoms. The highest BCUT2D eigenvalue weighted by atomic mass is 79.9. The van der Waals surface area contributed by atoms with Gasteiger partial charge < -0.3 is 9.47 Å². The standard InChI is InChI=1S/C14H15Br2ClN2O2/c1-8-13(16)11(19(2)18-8)7-21-14-10(15)4-9(6-17)5-12(14)20-3/h4-5H,6-7H2,1-3H3. The van der Waals surface area contributed by atoms with E-state index in [9.17, 15) is 0 Å². The molecule has 0 aliphatic heterocycles. The second-order valence-electron chi connectivity index (χ2n) is 4.50. The van der Waals surface area contributed by atoms with E-state index in [1.807, 2.05) is 26.1 Å². The van der Waals surface area contributed by atoms with Crippen molar-refractivity contribution in [3.63, 3.8) is 0 Å². The molecule has 4 nitrogen and oxygen atoms in total. The molecule has 0 radical (unpaired) electrons. The number of halogens is 3. The molecule has 0 unspecified atom stereocenters. The summed E-state index contributed by atoms with van der Waals surface area (Å²) >= 11 is 12.9. The van der Waals surface area contributed by atoms with Crippen LogP contribution < -0.4 is 9.47 Å². The van der Waals surface area contributed by atoms with Gasteiger partial charge in [-0.05, 0) is 56.5 Å². The van der Waals surface area contributed by atoms with Crippen LogP contribution in [0.4, 0.5) is 0 Å². The minimum Gasteiger partial charge on any atom is -0.493 e. The van der Waals surface area contributed by atoms with Crippen molar-refractivity contribution in [3.05, 3.63) is 38.0 Å². The van der Waals surface area contributed by atoms with Crippen molar-refractivity contribution in [2.45, 2.75) is 19.4 Å². The van der Waals surface area contributed by atoms with Gasteiger partial charge in [-0.3, -0.25) is 4.68 Å². The number of nitrogens with zero attached hydrogens (tertiary/aromatic N) is 2. The van der Waals surface area contributed by atoms with Crippen LogP contribution >= 0.6 is 43.5 Å². The normalized spacial score (nSPS) is 10.8. The number of benzene rings is 1. The molecule has 21 heavy (non-hydrogen) atoms. The van der Waals surface area contributed by atoms with Crippen molar-refractivity contribution in [1.82, 2.24) is 9.78 Å². The molecule has 7 heteroatoms. The summed E-state index contributed by atoms with van der Waals surface area (Å²) in [4.78, 5) is 0. The second kappa shape index (κ2) is 7.03. The van der Waals surface area contributed by atoms with Gasteiger partial charge >= 0.3 is 0 Å². The lowest BCUT2D eigenvalue weighted by Gasteiger charge is -2.14. The zero-order chi connectivity index (χ0) is 15.6. The van der Waals surface area contributed by atoms with Gasteiger partial charge in [0.05, 0.1) is 27.4 Å². The van der Waals surface area contributed by atoms with Crippen LogP contribution in [0.3, 0.4) is 0 Å². The molecule has 0 saturated carbocycles. The van der Waals surface area contributed by atoms with Crippen LogP contribution in [0.15, 0.2) is 21.1 Å². The molecular formula is C14H15Br2ClN2O2. The van der Waals surface area contributed by atoms with E-state index in [1.54, 1.807) is 11.8 Å². The Hall–Kier alpha value is -0.720. The van der Waals surface area contributed by atoms with E-state index < -0.39 is 0 Å². The highest BCUT2D eigenvalue weighted by Gasteiger charge is 2.15. The van der Waals surface area contributed by atoms with Crippen molar-refractivity contribution in [3.8, 4) is 11.5 Å². The number of aryl methyl sites for hydroxylation is 2. The van der Waals surface area contributed by atoms with Crippen molar-refractivity contribution >= 4 is 43.5 Å². The summed E-state index contributed by atoms with van der Waals surface area (Å²) in [6.07, 6.45) is 0. The Bertz CT molecular complexity index is 659. The lowest BCUT2D eigenvalue weighted by atomic mass is 10.2. The van der Waals surface area contributed by atoms with Crippen LogP contribution in [0.1, 0.15) is 17.0 Å². The van der Waals surface area contributed by atoms with Crippen molar-refractivity contribution in [2.24, 2.45) is 7.05 Å². The smallest absolute Gasteiger partial charge is 0.175 e. The molecule has 1 aromatic carbocycles. The van der Waals surface area contributed by atoms with E-state index in [2.05, 4.69) is 37.0 Å². The van der Waals surface area contributed by atoms with E-state index >= 15 is 0 Å².